The van der Waals surface area contributed by atoms with Crippen LogP contribution in [-0.2, 0) is 6.42 Å². The van der Waals surface area contributed by atoms with Crippen LogP contribution in [0.2, 0.25) is 0 Å². The highest BCUT2D eigenvalue weighted by Crippen LogP contribution is 2.32. The Kier molecular flexibility index (Phi) is 4.41. The molecule has 136 valence electrons. The zero-order valence-electron chi connectivity index (χ0n) is 14.8. The maximum Gasteiger partial charge on any atom is 0.274 e. The maximum absolute atomic E-state index is 12.9. The average molecular weight is 378 g/mol. The molecule has 2 aromatic heterocycles. The molecule has 0 atom stereocenters. The lowest BCUT2D eigenvalue weighted by Crippen LogP contribution is -2.22. The lowest BCUT2D eigenvalue weighted by molar-refractivity contribution is 0.317. The van der Waals surface area contributed by atoms with Crippen molar-refractivity contribution < 1.29 is 9.84 Å². The first kappa shape index (κ1) is 17.3. The Balaban J connectivity index is 1.91. The molecule has 0 bridgehead atoms. The average Bonchev–Trinajstić information content (AvgIpc) is 3.16. The third-order valence-electron chi connectivity index (χ3n) is 4.28. The van der Waals surface area contributed by atoms with Crippen LogP contribution in [-0.4, -0.2) is 21.1 Å². The largest absolute Gasteiger partial charge is 0.504 e. The number of phenols is 1. The summed E-state index contributed by atoms with van der Waals surface area (Å²) >= 11 is 1.35. The molecule has 6 heteroatoms. The fourth-order valence-corrected chi connectivity index (χ4v) is 4.10. The molecular formula is C21H18N2O3S. The number of imidazole rings is 1. The summed E-state index contributed by atoms with van der Waals surface area (Å²) < 4.78 is 7.76. The second kappa shape index (κ2) is 6.89. The van der Waals surface area contributed by atoms with Gasteiger partial charge in [0.2, 0.25) is 0 Å². The molecular weight excluding hydrogens is 360 g/mol. The molecule has 0 amide bonds. The van der Waals surface area contributed by atoms with Crippen molar-refractivity contribution in [1.82, 2.24) is 9.38 Å². The molecule has 0 aliphatic carbocycles. The summed E-state index contributed by atoms with van der Waals surface area (Å²) in [5.74, 6) is 0.519. The van der Waals surface area contributed by atoms with Gasteiger partial charge in [0.1, 0.15) is 0 Å². The van der Waals surface area contributed by atoms with E-state index in [1.165, 1.54) is 11.3 Å². The van der Waals surface area contributed by atoms with Crippen LogP contribution < -0.4 is 14.8 Å². The molecule has 2 aromatic carbocycles. The smallest absolute Gasteiger partial charge is 0.274 e. The Morgan fingerprint density at radius 3 is 2.93 bits per heavy atom. The maximum atomic E-state index is 12.9. The van der Waals surface area contributed by atoms with Crippen LogP contribution in [0.15, 0.2) is 53.8 Å². The van der Waals surface area contributed by atoms with E-state index in [1.807, 2.05) is 43.3 Å². The van der Waals surface area contributed by atoms with E-state index in [2.05, 4.69) is 11.6 Å². The summed E-state index contributed by atoms with van der Waals surface area (Å²) in [6.07, 6.45) is 4.04. The van der Waals surface area contributed by atoms with Crippen LogP contribution in [0.25, 0.3) is 22.1 Å². The minimum atomic E-state index is -0.0972. The highest BCUT2D eigenvalue weighted by Gasteiger charge is 2.12. The van der Waals surface area contributed by atoms with Crippen molar-refractivity contribution in [3.05, 3.63) is 75.1 Å². The number of fused-ring (bicyclic) bond motifs is 3. The number of para-hydroxylation sites is 2. The molecule has 0 radical (unpaired) electrons. The Morgan fingerprint density at radius 1 is 1.33 bits per heavy atom. The molecule has 4 aromatic rings. The van der Waals surface area contributed by atoms with Gasteiger partial charge in [-0.2, -0.15) is 0 Å². The second-order valence-electron chi connectivity index (χ2n) is 6.09. The van der Waals surface area contributed by atoms with Crippen LogP contribution in [0.4, 0.5) is 0 Å². The highest BCUT2D eigenvalue weighted by molar-refractivity contribution is 7.15. The van der Waals surface area contributed by atoms with E-state index in [9.17, 15) is 9.90 Å². The predicted molar refractivity (Wildman–Crippen MR) is 109 cm³/mol. The Labute approximate surface area is 159 Å². The summed E-state index contributed by atoms with van der Waals surface area (Å²) in [5, 5.41) is 10.3. The summed E-state index contributed by atoms with van der Waals surface area (Å²) in [6.45, 7) is 6.03. The van der Waals surface area contributed by atoms with E-state index in [1.54, 1.807) is 16.5 Å². The van der Waals surface area contributed by atoms with Crippen molar-refractivity contribution in [3.8, 4) is 11.5 Å². The Morgan fingerprint density at radius 2 is 2.15 bits per heavy atom. The van der Waals surface area contributed by atoms with Gasteiger partial charge >= 0.3 is 0 Å². The number of nitrogens with zero attached hydrogens (tertiary/aromatic N) is 2. The van der Waals surface area contributed by atoms with Crippen LogP contribution in [0.5, 0.6) is 11.5 Å². The van der Waals surface area contributed by atoms with Crippen molar-refractivity contribution in [3.63, 3.8) is 0 Å². The predicted octanol–water partition coefficient (Wildman–Crippen LogP) is 3.29. The van der Waals surface area contributed by atoms with E-state index >= 15 is 0 Å². The van der Waals surface area contributed by atoms with Gasteiger partial charge in [0, 0.05) is 5.56 Å². The molecule has 0 aliphatic heterocycles. The van der Waals surface area contributed by atoms with Crippen LogP contribution in [0, 0.1) is 0 Å². The first-order valence-electron chi connectivity index (χ1n) is 8.63. The number of phenolic OH excluding ortho intramolecular Hbond substituents is 1. The zero-order valence-corrected chi connectivity index (χ0v) is 15.6. The van der Waals surface area contributed by atoms with Crippen molar-refractivity contribution in [2.45, 2.75) is 13.3 Å². The van der Waals surface area contributed by atoms with Gasteiger partial charge in [0.05, 0.1) is 22.2 Å². The lowest BCUT2D eigenvalue weighted by atomic mass is 10.1. The minimum absolute atomic E-state index is 0.0972. The van der Waals surface area contributed by atoms with Gasteiger partial charge in [-0.05, 0) is 49.2 Å². The normalized spacial score (nSPS) is 12.1. The fraction of sp³-hybridized carbons (Fsp3) is 0.143. The van der Waals surface area contributed by atoms with E-state index < -0.39 is 0 Å². The quantitative estimate of drug-likeness (QED) is 0.541. The summed E-state index contributed by atoms with van der Waals surface area (Å²) in [6, 6.07) is 11.2. The van der Waals surface area contributed by atoms with E-state index in [-0.39, 0.29) is 11.3 Å². The summed E-state index contributed by atoms with van der Waals surface area (Å²) in [5.41, 5.74) is 3.02. The molecule has 4 rings (SSSR count). The first-order chi connectivity index (χ1) is 13.1. The fourth-order valence-electron chi connectivity index (χ4n) is 3.11. The molecule has 2 heterocycles. The molecule has 0 saturated heterocycles. The molecule has 0 spiro atoms. The monoisotopic (exact) mass is 378 g/mol. The number of rotatable bonds is 5. The van der Waals surface area contributed by atoms with E-state index in [4.69, 9.17) is 4.74 Å². The number of thiazole rings is 1. The third kappa shape index (κ3) is 2.98. The standard InChI is InChI=1S/C21H18N2O3S/c1-3-7-14-10-13(11-17(19(14)24)26-4-2)12-18-20(25)23-16-9-6-5-8-15(16)22-21(23)27-18/h3,5-6,8-12,24H,1,4,7H2,2H3/b18-12+. The second-order valence-corrected chi connectivity index (χ2v) is 7.10. The first-order valence-corrected chi connectivity index (χ1v) is 9.45. The van der Waals surface area contributed by atoms with E-state index in [0.717, 1.165) is 16.6 Å². The van der Waals surface area contributed by atoms with Crippen LogP contribution in [0.1, 0.15) is 18.1 Å². The van der Waals surface area contributed by atoms with Crippen LogP contribution >= 0.6 is 11.3 Å². The van der Waals surface area contributed by atoms with Crippen molar-refractivity contribution in [2.75, 3.05) is 6.61 Å². The summed E-state index contributed by atoms with van der Waals surface area (Å²) in [4.78, 5) is 18.1. The number of aromatic hydroxyl groups is 1. The number of benzene rings is 2. The SMILES string of the molecule is C=CCc1cc(/C=c2/sc3nc4ccccc4n3c2=O)cc(OCC)c1O. The van der Waals surface area contributed by atoms with E-state index in [0.29, 0.717) is 33.8 Å². The van der Waals surface area contributed by atoms with Gasteiger partial charge in [0.15, 0.2) is 16.5 Å². The number of ether oxygens (including phenoxy) is 1. The molecule has 5 nitrogen and oxygen atoms in total. The van der Waals surface area contributed by atoms with Gasteiger partial charge in [-0.3, -0.25) is 4.79 Å². The van der Waals surface area contributed by atoms with Gasteiger partial charge in [-0.1, -0.05) is 29.5 Å². The molecule has 0 unspecified atom stereocenters. The van der Waals surface area contributed by atoms with Gasteiger partial charge in [-0.25, -0.2) is 9.38 Å². The molecule has 0 aliphatic rings. The third-order valence-corrected chi connectivity index (χ3v) is 5.25. The summed E-state index contributed by atoms with van der Waals surface area (Å²) in [7, 11) is 0. The zero-order chi connectivity index (χ0) is 19.0. The van der Waals surface area contributed by atoms with Crippen molar-refractivity contribution >= 4 is 33.4 Å². The Bertz CT molecular complexity index is 1270. The lowest BCUT2D eigenvalue weighted by Gasteiger charge is -2.10. The van der Waals surface area contributed by atoms with Gasteiger partial charge in [0.25, 0.3) is 5.56 Å². The number of allylic oxidation sites excluding steroid dienone is 1. The van der Waals surface area contributed by atoms with Crippen LogP contribution in [0.3, 0.4) is 0 Å². The number of aromatic nitrogens is 2. The highest BCUT2D eigenvalue weighted by atomic mass is 32.1. The number of hydrogen-bond acceptors (Lipinski definition) is 5. The molecule has 0 fully saturated rings. The number of hydrogen-bond donors (Lipinski definition) is 1. The van der Waals surface area contributed by atoms with Crippen molar-refractivity contribution in [1.29, 1.82) is 0 Å². The van der Waals surface area contributed by atoms with Gasteiger partial charge in [-0.15, -0.1) is 6.58 Å². The van der Waals surface area contributed by atoms with Gasteiger partial charge < -0.3 is 9.84 Å². The minimum Gasteiger partial charge on any atom is -0.504 e. The van der Waals surface area contributed by atoms with Crippen molar-refractivity contribution in [2.24, 2.45) is 0 Å². The molecule has 27 heavy (non-hydrogen) atoms. The topological polar surface area (TPSA) is 63.8 Å². The Hall–Kier alpha value is -3.12. The molecule has 1 N–H and O–H groups in total. The molecule has 0 saturated carbocycles.